The number of aromatic nitrogens is 1. The molecule has 0 saturated carbocycles. The molecule has 0 N–H and O–H groups in total. The second-order valence-corrected chi connectivity index (χ2v) is 2.45. The van der Waals surface area contributed by atoms with Gasteiger partial charge in [0.15, 0.2) is 5.82 Å². The van der Waals surface area contributed by atoms with Gasteiger partial charge in [0.2, 0.25) is 5.82 Å². The molecule has 1 aromatic heterocycles. The van der Waals surface area contributed by atoms with E-state index in [9.17, 15) is 13.2 Å². The van der Waals surface area contributed by atoms with Gasteiger partial charge in [0.05, 0.1) is 6.20 Å². The predicted molar refractivity (Wildman–Crippen MR) is 44.2 cm³/mol. The summed E-state index contributed by atoms with van der Waals surface area (Å²) in [4.78, 5) is 4.03. The van der Waals surface area contributed by atoms with Crippen LogP contribution >= 0.6 is 0 Å². The lowest BCUT2D eigenvalue weighted by molar-refractivity contribution is 0.465. The Labute approximate surface area is 76.0 Å². The minimum Gasteiger partial charge on any atom is -0.373 e. The standard InChI is InChI=1S/C7H7F3N2.B/c1-12(2)6-4(8)3-11-7(10)5(6)9;/h3H,1-2H3;. The average molecular weight is 187 g/mol. The molecule has 3 radical (unpaired) electrons. The summed E-state index contributed by atoms with van der Waals surface area (Å²) in [5.74, 6) is -3.43. The zero-order valence-corrected chi connectivity index (χ0v) is 7.18. The van der Waals surface area contributed by atoms with E-state index in [1.54, 1.807) is 0 Å². The van der Waals surface area contributed by atoms with E-state index in [-0.39, 0.29) is 8.41 Å². The van der Waals surface area contributed by atoms with E-state index in [1.165, 1.54) is 14.1 Å². The molecule has 1 heterocycles. The quantitative estimate of drug-likeness (QED) is 0.484. The third kappa shape index (κ3) is 2.14. The first kappa shape index (κ1) is 11.8. The molecule has 0 aliphatic heterocycles. The Kier molecular flexibility index (Phi) is 3.78. The lowest BCUT2D eigenvalue weighted by Gasteiger charge is -2.13. The molecule has 0 bridgehead atoms. The fraction of sp³-hybridized carbons (Fsp3) is 0.286. The van der Waals surface area contributed by atoms with E-state index < -0.39 is 23.3 Å². The minimum atomic E-state index is -1.29. The summed E-state index contributed by atoms with van der Waals surface area (Å²) in [6.45, 7) is 0. The maximum atomic E-state index is 12.8. The van der Waals surface area contributed by atoms with Gasteiger partial charge in [-0.1, -0.05) is 0 Å². The molecule has 1 aromatic rings. The van der Waals surface area contributed by atoms with Crippen LogP contribution < -0.4 is 4.90 Å². The molecule has 13 heavy (non-hydrogen) atoms. The number of rotatable bonds is 1. The van der Waals surface area contributed by atoms with Crippen molar-refractivity contribution in [3.8, 4) is 0 Å². The monoisotopic (exact) mass is 187 g/mol. The molecule has 6 heteroatoms. The number of pyridine rings is 1. The highest BCUT2D eigenvalue weighted by molar-refractivity contribution is 5.75. The van der Waals surface area contributed by atoms with E-state index in [0.717, 1.165) is 4.90 Å². The van der Waals surface area contributed by atoms with Crippen LogP contribution in [0, 0.1) is 17.6 Å². The van der Waals surface area contributed by atoms with Crippen molar-refractivity contribution in [1.29, 1.82) is 0 Å². The first-order valence-electron chi connectivity index (χ1n) is 3.21. The number of hydrogen-bond donors (Lipinski definition) is 0. The maximum absolute atomic E-state index is 12.8. The van der Waals surface area contributed by atoms with Crippen LogP contribution in [0.5, 0.6) is 0 Å². The zero-order chi connectivity index (χ0) is 9.30. The van der Waals surface area contributed by atoms with Crippen molar-refractivity contribution in [2.75, 3.05) is 19.0 Å². The predicted octanol–water partition coefficient (Wildman–Crippen LogP) is 1.18. The zero-order valence-electron chi connectivity index (χ0n) is 7.18. The fourth-order valence-corrected chi connectivity index (χ4v) is 0.844. The number of hydrogen-bond acceptors (Lipinski definition) is 2. The minimum absolute atomic E-state index is 0. The van der Waals surface area contributed by atoms with Gasteiger partial charge in [-0.15, -0.1) is 0 Å². The van der Waals surface area contributed by atoms with Crippen molar-refractivity contribution in [1.82, 2.24) is 4.98 Å². The second-order valence-electron chi connectivity index (χ2n) is 2.45. The summed E-state index contributed by atoms with van der Waals surface area (Å²) >= 11 is 0. The van der Waals surface area contributed by atoms with E-state index in [2.05, 4.69) is 4.98 Å². The summed E-state index contributed by atoms with van der Waals surface area (Å²) in [6.07, 6.45) is 0.647. The summed E-state index contributed by atoms with van der Waals surface area (Å²) in [5, 5.41) is 0. The largest absolute Gasteiger partial charge is 0.373 e. The Hall–Kier alpha value is -1.20. The summed E-state index contributed by atoms with van der Waals surface area (Å²) < 4.78 is 38.0. The van der Waals surface area contributed by atoms with E-state index in [0.29, 0.717) is 6.20 Å². The van der Waals surface area contributed by atoms with Crippen LogP contribution in [0.1, 0.15) is 0 Å². The van der Waals surface area contributed by atoms with E-state index >= 15 is 0 Å². The van der Waals surface area contributed by atoms with Crippen LogP contribution in [0.15, 0.2) is 6.20 Å². The van der Waals surface area contributed by atoms with Crippen LogP contribution in [0.2, 0.25) is 0 Å². The highest BCUT2D eigenvalue weighted by Crippen LogP contribution is 2.21. The van der Waals surface area contributed by atoms with Gasteiger partial charge in [-0.05, 0) is 0 Å². The highest BCUT2D eigenvalue weighted by Gasteiger charge is 2.16. The van der Waals surface area contributed by atoms with E-state index in [1.807, 2.05) is 0 Å². The molecule has 0 amide bonds. The van der Waals surface area contributed by atoms with Gasteiger partial charge < -0.3 is 4.90 Å². The lowest BCUT2D eigenvalue weighted by atomic mass is 10.3. The molecular formula is C7H7BF3N2. The maximum Gasteiger partial charge on any atom is 0.251 e. The average Bonchev–Trinajstić information content (AvgIpc) is 1.97. The highest BCUT2D eigenvalue weighted by atomic mass is 19.2. The van der Waals surface area contributed by atoms with Gasteiger partial charge in [0.1, 0.15) is 5.69 Å². The Morgan fingerprint density at radius 3 is 2.15 bits per heavy atom. The number of nitrogens with zero attached hydrogens (tertiary/aromatic N) is 2. The SMILES string of the molecule is CN(C)c1c(F)cnc(F)c1F.[B]. The Morgan fingerprint density at radius 2 is 1.77 bits per heavy atom. The third-order valence-corrected chi connectivity index (χ3v) is 1.35. The number of halogens is 3. The first-order chi connectivity index (χ1) is 5.54. The molecule has 1 rings (SSSR count). The summed E-state index contributed by atoms with van der Waals surface area (Å²) in [6, 6.07) is 0. The van der Waals surface area contributed by atoms with Crippen LogP contribution in [0.4, 0.5) is 18.9 Å². The molecule has 2 nitrogen and oxygen atoms in total. The van der Waals surface area contributed by atoms with Gasteiger partial charge >= 0.3 is 0 Å². The molecule has 0 aliphatic carbocycles. The Balaban J connectivity index is 0.00000144. The van der Waals surface area contributed by atoms with Crippen LogP contribution in [0.25, 0.3) is 0 Å². The van der Waals surface area contributed by atoms with Crippen molar-refractivity contribution >= 4 is 14.1 Å². The number of anilines is 1. The van der Waals surface area contributed by atoms with Gasteiger partial charge in [0.25, 0.3) is 5.95 Å². The molecular weight excluding hydrogens is 180 g/mol. The molecule has 0 fully saturated rings. The third-order valence-electron chi connectivity index (χ3n) is 1.35. The topological polar surface area (TPSA) is 16.1 Å². The van der Waals surface area contributed by atoms with Crippen molar-refractivity contribution in [3.05, 3.63) is 23.8 Å². The van der Waals surface area contributed by atoms with Gasteiger partial charge in [-0.3, -0.25) is 0 Å². The smallest absolute Gasteiger partial charge is 0.251 e. The molecule has 69 valence electrons. The Morgan fingerprint density at radius 1 is 1.23 bits per heavy atom. The Bertz CT molecular complexity index is 304. The van der Waals surface area contributed by atoms with Crippen LogP contribution in [-0.4, -0.2) is 27.5 Å². The van der Waals surface area contributed by atoms with Crippen molar-refractivity contribution in [2.24, 2.45) is 0 Å². The molecule has 0 spiro atoms. The molecule has 0 aliphatic rings. The fourth-order valence-electron chi connectivity index (χ4n) is 0.844. The molecule has 0 atom stereocenters. The van der Waals surface area contributed by atoms with Gasteiger partial charge in [-0.2, -0.15) is 8.78 Å². The summed E-state index contributed by atoms with van der Waals surface area (Å²) in [7, 11) is 2.84. The lowest BCUT2D eigenvalue weighted by Crippen LogP contribution is -2.14. The van der Waals surface area contributed by atoms with Crippen molar-refractivity contribution in [2.45, 2.75) is 0 Å². The van der Waals surface area contributed by atoms with E-state index in [4.69, 9.17) is 0 Å². The molecule has 0 unspecified atom stereocenters. The van der Waals surface area contributed by atoms with Gasteiger partial charge in [0, 0.05) is 22.5 Å². The second kappa shape index (κ2) is 4.16. The van der Waals surface area contributed by atoms with Crippen LogP contribution in [0.3, 0.4) is 0 Å². The molecule has 0 aromatic carbocycles. The first-order valence-corrected chi connectivity index (χ1v) is 3.21. The van der Waals surface area contributed by atoms with Crippen molar-refractivity contribution in [3.63, 3.8) is 0 Å². The normalized spacial score (nSPS) is 9.31. The van der Waals surface area contributed by atoms with Gasteiger partial charge in [-0.25, -0.2) is 9.37 Å². The van der Waals surface area contributed by atoms with Crippen molar-refractivity contribution < 1.29 is 13.2 Å². The summed E-state index contributed by atoms with van der Waals surface area (Å²) in [5.41, 5.74) is -0.414. The van der Waals surface area contributed by atoms with Crippen LogP contribution in [-0.2, 0) is 0 Å². The molecule has 0 saturated heterocycles.